The minimum atomic E-state index is -5.15. The lowest BCUT2D eigenvalue weighted by Gasteiger charge is -2.33. The number of rotatable bonds is 6. The Morgan fingerprint density at radius 1 is 0.792 bits per heavy atom. The Hall–Kier alpha value is -4.43. The third-order valence-electron chi connectivity index (χ3n) is 9.37. The molecule has 15 heteroatoms. The van der Waals surface area contributed by atoms with Gasteiger partial charge in [-0.3, -0.25) is 9.69 Å². The molecule has 3 fully saturated rings. The first kappa shape index (κ1) is 33.5. The molecule has 2 saturated heterocycles. The Bertz CT molecular complexity index is 1730. The zero-order valence-corrected chi connectivity index (χ0v) is 24.8. The molecule has 0 spiro atoms. The van der Waals surface area contributed by atoms with Crippen LogP contribution in [0, 0.1) is 5.92 Å². The molecule has 0 aromatic heterocycles. The van der Waals surface area contributed by atoms with E-state index in [0.29, 0.717) is 30.5 Å². The molecule has 1 N–H and O–H groups in total. The van der Waals surface area contributed by atoms with Crippen LogP contribution < -0.4 is 4.74 Å². The summed E-state index contributed by atoms with van der Waals surface area (Å²) in [4.78, 5) is 25.7. The number of carbonyl (C=O) groups is 2. The fourth-order valence-corrected chi connectivity index (χ4v) is 6.93. The number of nitrogens with zero attached hydrogens (tertiary/aromatic N) is 1. The Morgan fingerprint density at radius 2 is 1.42 bits per heavy atom. The van der Waals surface area contributed by atoms with E-state index in [-0.39, 0.29) is 41.7 Å². The predicted molar refractivity (Wildman–Crippen MR) is 150 cm³/mol. The van der Waals surface area contributed by atoms with Gasteiger partial charge < -0.3 is 14.6 Å². The molecule has 1 saturated carbocycles. The third-order valence-corrected chi connectivity index (χ3v) is 9.37. The molecule has 0 radical (unpaired) electrons. The van der Waals surface area contributed by atoms with Crippen LogP contribution in [0.3, 0.4) is 0 Å². The van der Waals surface area contributed by atoms with Crippen LogP contribution in [0.5, 0.6) is 5.75 Å². The van der Waals surface area contributed by atoms with Gasteiger partial charge in [-0.15, -0.1) is 0 Å². The highest BCUT2D eigenvalue weighted by Gasteiger charge is 2.52. The fraction of sp³-hybridized carbons (Fsp3) is 0.394. The lowest BCUT2D eigenvalue weighted by atomic mass is 9.71. The topological polar surface area (TPSA) is 76.1 Å². The number of halogens is 9. The second-order valence-electron chi connectivity index (χ2n) is 12.2. The van der Waals surface area contributed by atoms with Gasteiger partial charge >= 0.3 is 30.6 Å². The summed E-state index contributed by atoms with van der Waals surface area (Å²) < 4.78 is 134. The number of hydrogen-bond acceptors (Lipinski definition) is 4. The number of aliphatic carboxylic acids is 1. The summed E-state index contributed by atoms with van der Waals surface area (Å²) in [5.74, 6) is -1.33. The molecule has 0 bridgehead atoms. The Morgan fingerprint density at radius 3 is 1.98 bits per heavy atom. The minimum Gasteiger partial charge on any atom is -0.496 e. The second kappa shape index (κ2) is 11.6. The number of carboxylic acids is 1. The predicted octanol–water partition coefficient (Wildman–Crippen LogP) is 9.39. The van der Waals surface area contributed by atoms with Crippen LogP contribution in [0.25, 0.3) is 11.1 Å². The van der Waals surface area contributed by atoms with Gasteiger partial charge in [0.1, 0.15) is 11.9 Å². The smallest absolute Gasteiger partial charge is 0.416 e. The number of methoxy groups -OCH3 is 1. The molecule has 3 aromatic carbocycles. The summed E-state index contributed by atoms with van der Waals surface area (Å²) in [6, 6.07) is 6.70. The van der Waals surface area contributed by atoms with Crippen molar-refractivity contribution in [2.24, 2.45) is 5.92 Å². The maximum Gasteiger partial charge on any atom is 0.416 e. The molecule has 2 aliphatic heterocycles. The lowest BCUT2D eigenvalue weighted by molar-refractivity contribution is -0.145. The number of amides is 1. The van der Waals surface area contributed by atoms with Crippen molar-refractivity contribution in [3.8, 4) is 16.9 Å². The first-order valence-corrected chi connectivity index (χ1v) is 14.8. The van der Waals surface area contributed by atoms with Crippen molar-refractivity contribution >= 4 is 12.1 Å². The molecular weight excluding hydrogens is 661 g/mol. The molecule has 3 aromatic rings. The largest absolute Gasteiger partial charge is 0.496 e. The zero-order chi connectivity index (χ0) is 34.9. The molecule has 1 amide bonds. The monoisotopic (exact) mass is 687 g/mol. The average molecular weight is 688 g/mol. The van der Waals surface area contributed by atoms with Crippen molar-refractivity contribution in [3.05, 3.63) is 88.0 Å². The number of alkyl halides is 9. The third kappa shape index (κ3) is 6.02. The molecule has 3 aliphatic rings. The first-order chi connectivity index (χ1) is 22.4. The van der Waals surface area contributed by atoms with Crippen molar-refractivity contribution in [2.45, 2.75) is 68.3 Å². The number of ether oxygens (including phenoxy) is 2. The maximum atomic E-state index is 14.0. The Labute approximate surface area is 267 Å². The van der Waals surface area contributed by atoms with Crippen molar-refractivity contribution in [3.63, 3.8) is 0 Å². The van der Waals surface area contributed by atoms with E-state index in [1.807, 2.05) is 0 Å². The number of carboxylic acid groups (broad SMARTS) is 1. The van der Waals surface area contributed by atoms with Gasteiger partial charge in [0.15, 0.2) is 0 Å². The van der Waals surface area contributed by atoms with Gasteiger partial charge in [0, 0.05) is 5.56 Å². The van der Waals surface area contributed by atoms with Gasteiger partial charge in [-0.2, -0.15) is 39.5 Å². The van der Waals surface area contributed by atoms with E-state index < -0.39 is 77.0 Å². The fourth-order valence-electron chi connectivity index (χ4n) is 6.93. The molecule has 6 nitrogen and oxygen atoms in total. The molecule has 0 unspecified atom stereocenters. The summed E-state index contributed by atoms with van der Waals surface area (Å²) in [5, 5.41) is 9.29. The number of hydrogen-bond donors (Lipinski definition) is 1. The summed E-state index contributed by atoms with van der Waals surface area (Å²) >= 11 is 0. The Kier molecular flexibility index (Phi) is 8.10. The molecule has 48 heavy (non-hydrogen) atoms. The Balaban J connectivity index is 1.42. The van der Waals surface area contributed by atoms with Gasteiger partial charge in [0.2, 0.25) is 0 Å². The average Bonchev–Trinajstić information content (AvgIpc) is 3.55. The molecule has 2 heterocycles. The number of benzene rings is 3. The van der Waals surface area contributed by atoms with Gasteiger partial charge in [-0.1, -0.05) is 12.1 Å². The highest BCUT2D eigenvalue weighted by atomic mass is 19.4. The first-order valence-electron chi connectivity index (χ1n) is 14.8. The van der Waals surface area contributed by atoms with Gasteiger partial charge in [-0.25, -0.2) is 4.79 Å². The van der Waals surface area contributed by atoms with E-state index in [1.54, 1.807) is 18.2 Å². The van der Waals surface area contributed by atoms with Crippen LogP contribution in [-0.4, -0.2) is 35.2 Å². The van der Waals surface area contributed by atoms with E-state index in [0.717, 1.165) is 22.6 Å². The van der Waals surface area contributed by atoms with Crippen molar-refractivity contribution in [2.75, 3.05) is 7.11 Å². The van der Waals surface area contributed by atoms with Crippen molar-refractivity contribution in [1.29, 1.82) is 0 Å². The number of fused-ring (bicyclic) bond motifs is 1. The van der Waals surface area contributed by atoms with Crippen LogP contribution in [0.15, 0.2) is 54.6 Å². The molecule has 6 rings (SSSR count). The maximum absolute atomic E-state index is 14.0. The van der Waals surface area contributed by atoms with Crippen LogP contribution in [0.4, 0.5) is 44.3 Å². The van der Waals surface area contributed by atoms with Gasteiger partial charge in [0.25, 0.3) is 0 Å². The van der Waals surface area contributed by atoms with Crippen LogP contribution in [0.2, 0.25) is 0 Å². The summed E-state index contributed by atoms with van der Waals surface area (Å²) in [5.41, 5.74) is -3.41. The van der Waals surface area contributed by atoms with Crippen molar-refractivity contribution in [1.82, 2.24) is 4.90 Å². The zero-order valence-electron chi connectivity index (χ0n) is 24.8. The SMILES string of the molecule is COc1ccc([C@H]2C[C@H](C(=O)O)C2)cc1-c1ccc(C(F)(F)F)cc1[C@@H]1CC[C@H]2[C@@H](c3cc(C(F)(F)F)cc(C(F)(F)F)c3)OC(=O)N12. The molecule has 1 aliphatic carbocycles. The standard InChI is InChI=1S/C33H26F9NO5/c1-47-27-7-2-15(16-8-18(9-16)29(44)45)12-24(27)22-4-3-19(31(34,35)36)14-23(22)25-5-6-26-28(48-30(46)43(25)26)17-10-20(32(37,38)39)13-21(11-17)33(40,41)42/h2-4,7,10-14,16,18,25-26,28H,5-6,8-9H2,1H3,(H,44,45)/t16-,18-,25-,26-,28+/m0/s1. The van der Waals surface area contributed by atoms with E-state index >= 15 is 0 Å². The summed E-state index contributed by atoms with van der Waals surface area (Å²) in [6.07, 6.45) is -17.0. The van der Waals surface area contributed by atoms with E-state index in [1.165, 1.54) is 13.2 Å². The van der Waals surface area contributed by atoms with Crippen molar-refractivity contribution < 1.29 is 63.7 Å². The highest BCUT2D eigenvalue weighted by Crippen LogP contribution is 2.52. The number of carbonyl (C=O) groups excluding carboxylic acids is 1. The van der Waals surface area contributed by atoms with Gasteiger partial charge in [0.05, 0.1) is 41.8 Å². The number of cyclic esters (lactones) is 1. The van der Waals surface area contributed by atoms with Gasteiger partial charge in [-0.05, 0) is 96.3 Å². The summed E-state index contributed by atoms with van der Waals surface area (Å²) in [7, 11) is 1.35. The highest BCUT2D eigenvalue weighted by molar-refractivity contribution is 5.78. The van der Waals surface area contributed by atoms with Crippen LogP contribution in [-0.2, 0) is 28.1 Å². The normalized spacial score (nSPS) is 24.2. The second-order valence-corrected chi connectivity index (χ2v) is 12.2. The quantitative estimate of drug-likeness (QED) is 0.262. The van der Waals surface area contributed by atoms with E-state index in [4.69, 9.17) is 9.47 Å². The lowest BCUT2D eigenvalue weighted by Crippen LogP contribution is -2.31. The molecular formula is C33H26F9NO5. The van der Waals surface area contributed by atoms with E-state index in [2.05, 4.69) is 0 Å². The molecule has 256 valence electrons. The minimum absolute atomic E-state index is 0.00415. The van der Waals surface area contributed by atoms with Crippen LogP contribution in [0.1, 0.15) is 77.1 Å². The van der Waals surface area contributed by atoms with E-state index in [9.17, 15) is 54.2 Å². The molecule has 3 atom stereocenters. The van der Waals surface area contributed by atoms with Crippen LogP contribution >= 0.6 is 0 Å². The summed E-state index contributed by atoms with van der Waals surface area (Å²) in [6.45, 7) is 0.